The number of benzene rings is 1. The van der Waals surface area contributed by atoms with Gasteiger partial charge in [0.2, 0.25) is 5.91 Å². The van der Waals surface area contributed by atoms with Gasteiger partial charge in [0, 0.05) is 24.6 Å². The molecule has 1 fully saturated rings. The molecule has 2 aromatic rings. The van der Waals surface area contributed by atoms with Gasteiger partial charge in [-0.15, -0.1) is 0 Å². The zero-order valence-corrected chi connectivity index (χ0v) is 16.0. The molecule has 1 aromatic carbocycles. The Morgan fingerprint density at radius 2 is 2.21 bits per heavy atom. The average Bonchev–Trinajstić information content (AvgIpc) is 3.03. The fraction of sp³-hybridized carbons (Fsp3) is 0.474. The van der Waals surface area contributed by atoms with Crippen molar-refractivity contribution in [1.82, 2.24) is 15.2 Å². The third kappa shape index (κ3) is 4.44. The lowest BCUT2D eigenvalue weighted by Crippen LogP contribution is -2.53. The summed E-state index contributed by atoms with van der Waals surface area (Å²) >= 11 is 0. The molecular weight excluding hydrogens is 366 g/mol. The minimum absolute atomic E-state index is 0.0184. The van der Waals surface area contributed by atoms with Gasteiger partial charge in [0.15, 0.2) is 0 Å². The number of nitrogens with zero attached hydrogens (tertiary/aromatic N) is 1. The Kier molecular flexibility index (Phi) is 6.18. The van der Waals surface area contributed by atoms with Gasteiger partial charge in [-0.3, -0.25) is 9.59 Å². The molecule has 0 radical (unpaired) electrons. The number of rotatable bonds is 6. The normalized spacial score (nSPS) is 20.0. The summed E-state index contributed by atoms with van der Waals surface area (Å²) in [4.78, 5) is 29.3. The van der Waals surface area contributed by atoms with Crippen molar-refractivity contribution < 1.29 is 28.9 Å². The number of carbonyl (C=O) groups excluding carboxylic acids is 2. The van der Waals surface area contributed by atoms with Gasteiger partial charge in [-0.1, -0.05) is 6.07 Å². The maximum atomic E-state index is 13.0. The van der Waals surface area contributed by atoms with E-state index in [2.05, 4.69) is 10.3 Å². The number of nitrogens with one attached hydrogen (secondary N) is 2. The molecule has 28 heavy (non-hydrogen) atoms. The highest BCUT2D eigenvalue weighted by atomic mass is 16.5. The number of carbonyl (C=O) groups is 2. The number of aromatic amines is 1. The highest BCUT2D eigenvalue weighted by molar-refractivity contribution is 5.99. The van der Waals surface area contributed by atoms with E-state index in [1.165, 1.54) is 12.0 Å². The van der Waals surface area contributed by atoms with E-state index in [4.69, 9.17) is 14.2 Å². The summed E-state index contributed by atoms with van der Waals surface area (Å²) in [6.45, 7) is 0.537. The summed E-state index contributed by atoms with van der Waals surface area (Å²) in [5.41, 5.74) is -0.206. The lowest BCUT2D eigenvalue weighted by molar-refractivity contribution is -0.126. The van der Waals surface area contributed by atoms with Crippen LogP contribution in [0, 0.1) is 0 Å². The highest BCUT2D eigenvalue weighted by Gasteiger charge is 2.35. The van der Waals surface area contributed by atoms with Crippen LogP contribution in [0.4, 0.5) is 0 Å². The van der Waals surface area contributed by atoms with E-state index in [-0.39, 0.29) is 38.1 Å². The minimum Gasteiger partial charge on any atom is -0.496 e. The molecule has 0 aliphatic carbocycles. The van der Waals surface area contributed by atoms with Crippen molar-refractivity contribution in [3.8, 4) is 5.75 Å². The van der Waals surface area contributed by atoms with E-state index in [1.54, 1.807) is 13.2 Å². The van der Waals surface area contributed by atoms with Crippen LogP contribution in [0.1, 0.15) is 10.5 Å². The second-order valence-corrected chi connectivity index (χ2v) is 6.82. The number of ether oxygens (including phenoxy) is 3. The van der Waals surface area contributed by atoms with Crippen LogP contribution in [-0.2, 0) is 14.3 Å². The SMILES string of the molecule is COCC(=O)NC[C@]1(O)COCCN(C(=O)c2cc3c(OC)cccc3[nH]2)C1. The van der Waals surface area contributed by atoms with Crippen LogP contribution >= 0.6 is 0 Å². The van der Waals surface area contributed by atoms with Gasteiger partial charge in [0.1, 0.15) is 23.7 Å². The summed E-state index contributed by atoms with van der Waals surface area (Å²) in [6, 6.07) is 7.27. The van der Waals surface area contributed by atoms with Gasteiger partial charge in [-0.05, 0) is 18.2 Å². The number of hydrogen-bond donors (Lipinski definition) is 3. The molecule has 0 bridgehead atoms. The fourth-order valence-corrected chi connectivity index (χ4v) is 3.23. The first-order valence-corrected chi connectivity index (χ1v) is 8.96. The second kappa shape index (κ2) is 8.59. The number of hydrogen-bond acceptors (Lipinski definition) is 6. The zero-order valence-electron chi connectivity index (χ0n) is 16.0. The first-order valence-electron chi connectivity index (χ1n) is 8.96. The van der Waals surface area contributed by atoms with E-state index < -0.39 is 5.60 Å². The van der Waals surface area contributed by atoms with Crippen LogP contribution in [0.5, 0.6) is 5.75 Å². The summed E-state index contributed by atoms with van der Waals surface area (Å²) in [7, 11) is 2.99. The number of amides is 2. The molecule has 0 saturated carbocycles. The summed E-state index contributed by atoms with van der Waals surface area (Å²) in [5, 5.41) is 14.3. The van der Waals surface area contributed by atoms with E-state index in [1.807, 2.05) is 18.2 Å². The van der Waals surface area contributed by atoms with E-state index >= 15 is 0 Å². The lowest BCUT2D eigenvalue weighted by atomic mass is 10.0. The summed E-state index contributed by atoms with van der Waals surface area (Å²) in [5.74, 6) is 0.0653. The van der Waals surface area contributed by atoms with Crippen LogP contribution in [0.3, 0.4) is 0 Å². The van der Waals surface area contributed by atoms with Crippen molar-refractivity contribution in [1.29, 1.82) is 0 Å². The maximum Gasteiger partial charge on any atom is 0.270 e. The molecule has 0 spiro atoms. The number of β-amino-alcohol motifs (C(OH)–C–C–N with tert-alkyl or cyclic N) is 1. The largest absolute Gasteiger partial charge is 0.496 e. The first kappa shape index (κ1) is 20.1. The Morgan fingerprint density at radius 3 is 2.96 bits per heavy atom. The van der Waals surface area contributed by atoms with Gasteiger partial charge in [0.25, 0.3) is 5.91 Å². The number of H-pyrrole nitrogens is 1. The average molecular weight is 391 g/mol. The molecule has 2 amide bonds. The van der Waals surface area contributed by atoms with Gasteiger partial charge in [-0.25, -0.2) is 0 Å². The van der Waals surface area contributed by atoms with Crippen LogP contribution in [-0.4, -0.2) is 86.1 Å². The molecule has 0 unspecified atom stereocenters. The lowest BCUT2D eigenvalue weighted by Gasteiger charge is -2.30. The molecule has 2 heterocycles. The molecular formula is C19H25N3O6. The monoisotopic (exact) mass is 391 g/mol. The molecule has 152 valence electrons. The zero-order chi connectivity index (χ0) is 20.1. The van der Waals surface area contributed by atoms with Gasteiger partial charge < -0.3 is 34.5 Å². The first-order chi connectivity index (χ1) is 13.5. The molecule has 3 rings (SSSR count). The van der Waals surface area contributed by atoms with Gasteiger partial charge in [0.05, 0.1) is 33.4 Å². The van der Waals surface area contributed by atoms with E-state index in [9.17, 15) is 14.7 Å². The quantitative estimate of drug-likeness (QED) is 0.646. The predicted molar refractivity (Wildman–Crippen MR) is 101 cm³/mol. The molecule has 1 atom stereocenters. The molecule has 3 N–H and O–H groups in total. The van der Waals surface area contributed by atoms with Gasteiger partial charge >= 0.3 is 0 Å². The molecule has 9 nitrogen and oxygen atoms in total. The number of fused-ring (bicyclic) bond motifs is 1. The molecule has 9 heteroatoms. The van der Waals surface area contributed by atoms with Crippen molar-refractivity contribution in [3.63, 3.8) is 0 Å². The van der Waals surface area contributed by atoms with E-state index in [0.29, 0.717) is 24.6 Å². The summed E-state index contributed by atoms with van der Waals surface area (Å²) in [6.07, 6.45) is 0. The molecule has 1 aliphatic heterocycles. The Hall–Kier alpha value is -2.62. The Labute approximate surface area is 162 Å². The Bertz CT molecular complexity index is 851. The third-order valence-electron chi connectivity index (χ3n) is 4.61. The number of aliphatic hydroxyl groups is 1. The van der Waals surface area contributed by atoms with Crippen molar-refractivity contribution in [3.05, 3.63) is 30.0 Å². The van der Waals surface area contributed by atoms with Crippen LogP contribution in [0.2, 0.25) is 0 Å². The van der Waals surface area contributed by atoms with E-state index in [0.717, 1.165) is 10.9 Å². The highest BCUT2D eigenvalue weighted by Crippen LogP contribution is 2.27. The Morgan fingerprint density at radius 1 is 1.39 bits per heavy atom. The van der Waals surface area contributed by atoms with Crippen LogP contribution < -0.4 is 10.1 Å². The number of methoxy groups -OCH3 is 2. The molecule has 1 aromatic heterocycles. The maximum absolute atomic E-state index is 13.0. The van der Waals surface area contributed by atoms with Crippen LogP contribution in [0.15, 0.2) is 24.3 Å². The third-order valence-corrected chi connectivity index (χ3v) is 4.61. The molecule has 1 aliphatic rings. The summed E-state index contributed by atoms with van der Waals surface area (Å²) < 4.78 is 15.6. The van der Waals surface area contributed by atoms with Crippen molar-refractivity contribution >= 4 is 22.7 Å². The number of aromatic nitrogens is 1. The van der Waals surface area contributed by atoms with Crippen LogP contribution in [0.25, 0.3) is 10.9 Å². The van der Waals surface area contributed by atoms with Crippen molar-refractivity contribution in [2.75, 3.05) is 53.7 Å². The molecule has 1 saturated heterocycles. The smallest absolute Gasteiger partial charge is 0.270 e. The van der Waals surface area contributed by atoms with Crippen molar-refractivity contribution in [2.24, 2.45) is 0 Å². The second-order valence-electron chi connectivity index (χ2n) is 6.82. The van der Waals surface area contributed by atoms with Gasteiger partial charge in [-0.2, -0.15) is 0 Å². The fourth-order valence-electron chi connectivity index (χ4n) is 3.23. The van der Waals surface area contributed by atoms with Crippen molar-refractivity contribution in [2.45, 2.75) is 5.60 Å². The topological polar surface area (TPSA) is 113 Å². The Balaban J connectivity index is 1.76. The standard InChI is InChI=1S/C19H25N3O6/c1-26-9-17(23)20-10-19(25)11-22(6-7-28-12-19)18(24)15-8-13-14(21-15)4-3-5-16(13)27-2/h3-5,8,21,25H,6-7,9-12H2,1-2H3,(H,20,23)/t19-/m1/s1. The predicted octanol–water partition coefficient (Wildman–Crippen LogP) is 0.143. The minimum atomic E-state index is -1.39.